The van der Waals surface area contributed by atoms with Crippen LogP contribution in [0.25, 0.3) is 0 Å². The summed E-state index contributed by atoms with van der Waals surface area (Å²) in [5.41, 5.74) is 0.680. The predicted octanol–water partition coefficient (Wildman–Crippen LogP) is 4.18. The lowest BCUT2D eigenvalue weighted by Gasteiger charge is -2.18. The molecule has 5 nitrogen and oxygen atoms in total. The van der Waals surface area contributed by atoms with Gasteiger partial charge in [0.1, 0.15) is 6.10 Å². The molecule has 1 aromatic carbocycles. The number of anilines is 1. The normalized spacial score (nSPS) is 17.1. The molecule has 23 heavy (non-hydrogen) atoms. The number of nitrogens with zero attached hydrogens (tertiary/aromatic N) is 2. The topological polar surface area (TPSA) is 54.5 Å². The highest BCUT2D eigenvalue weighted by Gasteiger charge is 2.28. The second-order valence-electron chi connectivity index (χ2n) is 5.21. The number of hydrogen-bond acceptors (Lipinski definition) is 3. The summed E-state index contributed by atoms with van der Waals surface area (Å²) >= 11 is 9.33. The van der Waals surface area contributed by atoms with Crippen molar-refractivity contribution in [1.82, 2.24) is 9.88 Å². The van der Waals surface area contributed by atoms with Gasteiger partial charge >= 0.3 is 6.03 Å². The zero-order chi connectivity index (χ0) is 16.2. The molecule has 0 radical (unpaired) electrons. The first-order chi connectivity index (χ1) is 11.1. The number of hydrogen-bond donors (Lipinski definition) is 1. The lowest BCUT2D eigenvalue weighted by Crippen LogP contribution is -2.34. The number of halogens is 2. The van der Waals surface area contributed by atoms with E-state index in [0.717, 1.165) is 10.9 Å². The number of benzene rings is 1. The first kappa shape index (κ1) is 16.1. The number of carbonyl (C=O) groups is 1. The summed E-state index contributed by atoms with van der Waals surface area (Å²) in [5, 5.41) is 3.43. The Morgan fingerprint density at radius 1 is 1.39 bits per heavy atom. The van der Waals surface area contributed by atoms with E-state index in [-0.39, 0.29) is 12.1 Å². The van der Waals surface area contributed by atoms with Crippen LogP contribution in [0.5, 0.6) is 5.88 Å². The van der Waals surface area contributed by atoms with E-state index in [1.165, 1.54) is 0 Å². The molecule has 3 rings (SSSR count). The second kappa shape index (κ2) is 7.19. The monoisotopic (exact) mass is 395 g/mol. The van der Waals surface area contributed by atoms with Crippen molar-refractivity contribution < 1.29 is 9.53 Å². The number of rotatable bonds is 3. The number of amides is 2. The maximum absolute atomic E-state index is 12.3. The maximum Gasteiger partial charge on any atom is 0.321 e. The van der Waals surface area contributed by atoms with E-state index in [4.69, 9.17) is 16.3 Å². The summed E-state index contributed by atoms with van der Waals surface area (Å²) in [4.78, 5) is 18.2. The van der Waals surface area contributed by atoms with E-state index in [1.807, 2.05) is 12.1 Å². The zero-order valence-corrected chi connectivity index (χ0v) is 14.5. The standard InChI is InChI=1S/C16H15BrClN3O2/c17-14-5-2-7-19-15(14)23-13-6-8-21(10-13)16(22)20-12-4-1-3-11(18)9-12/h1-5,7,9,13H,6,8,10H2,(H,20,22). The van der Waals surface area contributed by atoms with Crippen molar-refractivity contribution in [2.75, 3.05) is 18.4 Å². The molecule has 0 aliphatic carbocycles. The number of likely N-dealkylation sites (tertiary alicyclic amines) is 1. The van der Waals surface area contributed by atoms with E-state index in [0.29, 0.717) is 29.7 Å². The van der Waals surface area contributed by atoms with E-state index < -0.39 is 0 Å². The summed E-state index contributed by atoms with van der Waals surface area (Å²) < 4.78 is 6.66. The average Bonchev–Trinajstić information content (AvgIpc) is 2.98. The van der Waals surface area contributed by atoms with E-state index >= 15 is 0 Å². The molecule has 1 atom stereocenters. The summed E-state index contributed by atoms with van der Waals surface area (Å²) in [6.45, 7) is 1.16. The number of pyridine rings is 1. The first-order valence-corrected chi connectivity index (χ1v) is 8.37. The van der Waals surface area contributed by atoms with Gasteiger partial charge in [0, 0.05) is 29.9 Å². The smallest absolute Gasteiger partial charge is 0.321 e. The predicted molar refractivity (Wildman–Crippen MR) is 93.0 cm³/mol. The molecule has 0 spiro atoms. The molecular formula is C16H15BrClN3O2. The molecule has 120 valence electrons. The van der Waals surface area contributed by atoms with Crippen molar-refractivity contribution in [3.05, 3.63) is 52.1 Å². The van der Waals surface area contributed by atoms with Gasteiger partial charge in [0.25, 0.3) is 0 Å². The molecular weight excluding hydrogens is 382 g/mol. The van der Waals surface area contributed by atoms with Crippen LogP contribution in [0.1, 0.15) is 6.42 Å². The minimum Gasteiger partial charge on any atom is -0.472 e. The molecule has 1 fully saturated rings. The van der Waals surface area contributed by atoms with Gasteiger partial charge in [0.05, 0.1) is 11.0 Å². The highest BCUT2D eigenvalue weighted by molar-refractivity contribution is 9.10. The Bertz CT molecular complexity index is 713. The van der Waals surface area contributed by atoms with Crippen LogP contribution in [-0.4, -0.2) is 35.1 Å². The van der Waals surface area contributed by atoms with Crippen LogP contribution in [0.15, 0.2) is 47.1 Å². The molecule has 1 N–H and O–H groups in total. The summed E-state index contributed by atoms with van der Waals surface area (Å²) in [5.74, 6) is 0.551. The molecule has 2 amide bonds. The zero-order valence-electron chi connectivity index (χ0n) is 12.2. The minimum atomic E-state index is -0.154. The van der Waals surface area contributed by atoms with Crippen molar-refractivity contribution in [2.24, 2.45) is 0 Å². The molecule has 0 bridgehead atoms. The van der Waals surface area contributed by atoms with Crippen molar-refractivity contribution in [3.63, 3.8) is 0 Å². The second-order valence-corrected chi connectivity index (χ2v) is 6.50. The van der Waals surface area contributed by atoms with Gasteiger partial charge in [-0.3, -0.25) is 0 Å². The summed E-state index contributed by atoms with van der Waals surface area (Å²) in [7, 11) is 0. The van der Waals surface area contributed by atoms with E-state index in [1.54, 1.807) is 35.4 Å². The molecule has 1 aliphatic rings. The largest absolute Gasteiger partial charge is 0.472 e. The molecule has 0 saturated carbocycles. The molecule has 1 saturated heterocycles. The highest BCUT2D eigenvalue weighted by Crippen LogP contribution is 2.25. The number of ether oxygens (including phenoxy) is 1. The first-order valence-electron chi connectivity index (χ1n) is 7.20. The van der Waals surface area contributed by atoms with Crippen molar-refractivity contribution in [3.8, 4) is 5.88 Å². The van der Waals surface area contributed by atoms with Gasteiger partial charge in [-0.25, -0.2) is 9.78 Å². The van der Waals surface area contributed by atoms with E-state index in [2.05, 4.69) is 26.2 Å². The van der Waals surface area contributed by atoms with Crippen LogP contribution >= 0.6 is 27.5 Å². The van der Waals surface area contributed by atoms with Crippen LogP contribution in [0.3, 0.4) is 0 Å². The minimum absolute atomic E-state index is 0.0636. The number of aromatic nitrogens is 1. The van der Waals surface area contributed by atoms with Crippen LogP contribution in [0.2, 0.25) is 5.02 Å². The Morgan fingerprint density at radius 3 is 3.04 bits per heavy atom. The Morgan fingerprint density at radius 2 is 2.26 bits per heavy atom. The Kier molecular flexibility index (Phi) is 5.03. The highest BCUT2D eigenvalue weighted by atomic mass is 79.9. The molecule has 2 heterocycles. The molecule has 7 heteroatoms. The van der Waals surface area contributed by atoms with Crippen LogP contribution < -0.4 is 10.1 Å². The van der Waals surface area contributed by atoms with Gasteiger partial charge in [-0.2, -0.15) is 0 Å². The fraction of sp³-hybridized carbons (Fsp3) is 0.250. The van der Waals surface area contributed by atoms with Gasteiger partial charge in [-0.15, -0.1) is 0 Å². The van der Waals surface area contributed by atoms with Crippen LogP contribution in [0, 0.1) is 0 Å². The van der Waals surface area contributed by atoms with Gasteiger partial charge in [-0.1, -0.05) is 17.7 Å². The van der Waals surface area contributed by atoms with Gasteiger partial charge in [0.2, 0.25) is 5.88 Å². The molecule has 2 aromatic rings. The quantitative estimate of drug-likeness (QED) is 0.846. The Hall–Kier alpha value is -1.79. The third kappa shape index (κ3) is 4.14. The van der Waals surface area contributed by atoms with Crippen molar-refractivity contribution in [2.45, 2.75) is 12.5 Å². The number of carbonyl (C=O) groups excluding carboxylic acids is 1. The Labute approximate surface area is 147 Å². The molecule has 1 unspecified atom stereocenters. The molecule has 1 aliphatic heterocycles. The maximum atomic E-state index is 12.3. The lowest BCUT2D eigenvalue weighted by atomic mass is 10.3. The third-order valence-electron chi connectivity index (χ3n) is 3.51. The Balaban J connectivity index is 1.57. The average molecular weight is 397 g/mol. The van der Waals surface area contributed by atoms with Crippen molar-refractivity contribution >= 4 is 39.2 Å². The SMILES string of the molecule is O=C(Nc1cccc(Cl)c1)N1CCC(Oc2ncccc2Br)C1. The van der Waals surface area contributed by atoms with Gasteiger partial charge in [-0.05, 0) is 46.3 Å². The van der Waals surface area contributed by atoms with Crippen LogP contribution in [0.4, 0.5) is 10.5 Å². The summed E-state index contributed by atoms with van der Waals surface area (Å²) in [6.07, 6.45) is 2.39. The van der Waals surface area contributed by atoms with Crippen LogP contribution in [-0.2, 0) is 0 Å². The number of nitrogens with one attached hydrogen (secondary N) is 1. The fourth-order valence-corrected chi connectivity index (χ4v) is 2.93. The van der Waals surface area contributed by atoms with E-state index in [9.17, 15) is 4.79 Å². The fourth-order valence-electron chi connectivity index (χ4n) is 2.39. The lowest BCUT2D eigenvalue weighted by molar-refractivity contribution is 0.189. The summed E-state index contributed by atoms with van der Waals surface area (Å²) in [6, 6.07) is 10.6. The van der Waals surface area contributed by atoms with Gasteiger partial charge < -0.3 is 15.0 Å². The van der Waals surface area contributed by atoms with Gasteiger partial charge in [0.15, 0.2) is 0 Å². The van der Waals surface area contributed by atoms with Crippen molar-refractivity contribution in [1.29, 1.82) is 0 Å². The molecule has 1 aromatic heterocycles. The third-order valence-corrected chi connectivity index (χ3v) is 4.35. The number of urea groups is 1.